The van der Waals surface area contributed by atoms with Crippen molar-refractivity contribution in [3.63, 3.8) is 0 Å². The summed E-state index contributed by atoms with van der Waals surface area (Å²) >= 11 is 0. The van der Waals surface area contributed by atoms with Crippen molar-refractivity contribution in [1.29, 1.82) is 0 Å². The first-order valence-corrected chi connectivity index (χ1v) is 12.5. The van der Waals surface area contributed by atoms with Crippen molar-refractivity contribution >= 4 is 18.4 Å². The molecule has 1 fully saturated rings. The Balaban J connectivity index is 1.28. The number of amides is 1. The predicted octanol–water partition coefficient (Wildman–Crippen LogP) is 5.92. The Morgan fingerprint density at radius 1 is 0.974 bits per heavy atom. The van der Waals surface area contributed by atoms with Gasteiger partial charge in [0.25, 0.3) is 6.47 Å². The number of nitrogens with zero attached hydrogens (tertiary/aromatic N) is 2. The quantitative estimate of drug-likeness (QED) is 0.280. The Morgan fingerprint density at radius 2 is 1.61 bits per heavy atom. The summed E-state index contributed by atoms with van der Waals surface area (Å²) in [4.78, 5) is 23.6. The number of aryl methyl sites for hydroxylation is 1. The number of benzene rings is 3. The average Bonchev–Trinajstić information content (AvgIpc) is 3.27. The lowest BCUT2D eigenvalue weighted by Gasteiger charge is -2.32. The fraction of sp³-hybridized carbons (Fsp3) is 0.233. The molecule has 0 saturated carbocycles. The van der Waals surface area contributed by atoms with Crippen LogP contribution in [0, 0.1) is 5.92 Å². The van der Waals surface area contributed by atoms with E-state index >= 15 is 0 Å². The van der Waals surface area contributed by atoms with Crippen molar-refractivity contribution in [3.05, 3.63) is 96.2 Å². The third-order valence-corrected chi connectivity index (χ3v) is 6.77. The van der Waals surface area contributed by atoms with Gasteiger partial charge in [0.05, 0.1) is 19.4 Å². The number of anilines is 1. The molecule has 8 heteroatoms. The summed E-state index contributed by atoms with van der Waals surface area (Å²) in [5, 5.41) is 7.18. The van der Waals surface area contributed by atoms with E-state index in [1.165, 1.54) is 0 Å². The molecule has 38 heavy (non-hydrogen) atoms. The first-order valence-electron chi connectivity index (χ1n) is 12.5. The SMILES string of the molecule is C[C@@H](OC(=O)Nc1c(-c2ccc(-c3ccc(C(OC=O)C4COC4)cc3)cc2)cnn1C)c1ccccc1. The molecule has 1 amide bonds. The van der Waals surface area contributed by atoms with Crippen LogP contribution in [0.5, 0.6) is 0 Å². The van der Waals surface area contributed by atoms with E-state index in [-0.39, 0.29) is 18.1 Å². The predicted molar refractivity (Wildman–Crippen MR) is 143 cm³/mol. The van der Waals surface area contributed by atoms with Gasteiger partial charge in [-0.2, -0.15) is 5.10 Å². The molecule has 0 bridgehead atoms. The lowest BCUT2D eigenvalue weighted by atomic mass is 9.92. The lowest BCUT2D eigenvalue weighted by Crippen LogP contribution is -2.34. The van der Waals surface area contributed by atoms with E-state index in [9.17, 15) is 9.59 Å². The van der Waals surface area contributed by atoms with Gasteiger partial charge in [-0.1, -0.05) is 78.9 Å². The molecule has 1 unspecified atom stereocenters. The smallest absolute Gasteiger partial charge is 0.413 e. The lowest BCUT2D eigenvalue weighted by molar-refractivity contribution is -0.150. The highest BCUT2D eigenvalue weighted by Crippen LogP contribution is 2.33. The minimum absolute atomic E-state index is 0.187. The molecule has 2 heterocycles. The second-order valence-corrected chi connectivity index (χ2v) is 9.26. The van der Waals surface area contributed by atoms with Gasteiger partial charge < -0.3 is 14.2 Å². The van der Waals surface area contributed by atoms with Crippen LogP contribution >= 0.6 is 0 Å². The van der Waals surface area contributed by atoms with Crippen molar-refractivity contribution in [2.45, 2.75) is 19.1 Å². The molecule has 0 aliphatic carbocycles. The van der Waals surface area contributed by atoms with Crippen LogP contribution in [0.25, 0.3) is 22.3 Å². The van der Waals surface area contributed by atoms with Crippen molar-refractivity contribution in [1.82, 2.24) is 9.78 Å². The van der Waals surface area contributed by atoms with Crippen LogP contribution < -0.4 is 5.32 Å². The largest absolute Gasteiger partial charge is 0.459 e. The molecule has 1 aliphatic heterocycles. The molecule has 1 saturated heterocycles. The van der Waals surface area contributed by atoms with Crippen LogP contribution in [-0.2, 0) is 26.1 Å². The second kappa shape index (κ2) is 11.3. The summed E-state index contributed by atoms with van der Waals surface area (Å²) in [6.45, 7) is 3.52. The van der Waals surface area contributed by atoms with Gasteiger partial charge in [0.15, 0.2) is 0 Å². The third kappa shape index (κ3) is 5.45. The number of carbonyl (C=O) groups is 2. The molecular weight excluding hydrogens is 482 g/mol. The maximum Gasteiger partial charge on any atom is 0.413 e. The van der Waals surface area contributed by atoms with Crippen molar-refractivity contribution in [2.24, 2.45) is 13.0 Å². The van der Waals surface area contributed by atoms with Crippen LogP contribution in [-0.4, -0.2) is 35.6 Å². The van der Waals surface area contributed by atoms with E-state index < -0.39 is 6.09 Å². The number of ether oxygens (including phenoxy) is 3. The number of aromatic nitrogens is 2. The van der Waals surface area contributed by atoms with Gasteiger partial charge in [-0.15, -0.1) is 0 Å². The molecule has 0 spiro atoms. The van der Waals surface area contributed by atoms with Gasteiger partial charge in [-0.05, 0) is 34.7 Å². The molecule has 194 valence electrons. The topological polar surface area (TPSA) is 91.7 Å². The Hall–Kier alpha value is -4.43. The van der Waals surface area contributed by atoms with Crippen LogP contribution in [0.15, 0.2) is 85.1 Å². The summed E-state index contributed by atoms with van der Waals surface area (Å²) in [5.41, 5.74) is 5.64. The molecule has 2 atom stereocenters. The fourth-order valence-electron chi connectivity index (χ4n) is 4.53. The fourth-order valence-corrected chi connectivity index (χ4v) is 4.53. The number of rotatable bonds is 9. The van der Waals surface area contributed by atoms with E-state index in [0.717, 1.165) is 33.4 Å². The Kier molecular flexibility index (Phi) is 7.51. The Bertz CT molecular complexity index is 1380. The minimum atomic E-state index is -0.548. The molecule has 8 nitrogen and oxygen atoms in total. The summed E-state index contributed by atoms with van der Waals surface area (Å²) in [7, 11) is 1.77. The highest BCUT2D eigenvalue weighted by atomic mass is 16.6. The van der Waals surface area contributed by atoms with Gasteiger partial charge in [0.1, 0.15) is 18.0 Å². The minimum Gasteiger partial charge on any atom is -0.459 e. The third-order valence-electron chi connectivity index (χ3n) is 6.77. The van der Waals surface area contributed by atoms with Gasteiger partial charge in [0.2, 0.25) is 0 Å². The summed E-state index contributed by atoms with van der Waals surface area (Å²) in [6.07, 6.45) is 0.489. The first kappa shape index (κ1) is 25.2. The normalized spacial score (nSPS) is 14.7. The Labute approximate surface area is 221 Å². The van der Waals surface area contributed by atoms with Crippen LogP contribution in [0.1, 0.15) is 30.3 Å². The molecule has 1 aromatic heterocycles. The van der Waals surface area contributed by atoms with Crippen LogP contribution in [0.4, 0.5) is 10.6 Å². The van der Waals surface area contributed by atoms with E-state index in [2.05, 4.69) is 10.4 Å². The first-order chi connectivity index (χ1) is 18.5. The molecule has 5 rings (SSSR count). The molecule has 3 aromatic carbocycles. The second-order valence-electron chi connectivity index (χ2n) is 9.26. The number of hydrogen-bond donors (Lipinski definition) is 1. The maximum atomic E-state index is 12.6. The maximum absolute atomic E-state index is 12.6. The van der Waals surface area contributed by atoms with Crippen LogP contribution in [0.3, 0.4) is 0 Å². The zero-order valence-electron chi connectivity index (χ0n) is 21.2. The molecule has 4 aromatic rings. The van der Waals surface area contributed by atoms with Gasteiger partial charge >= 0.3 is 6.09 Å². The molecule has 0 radical (unpaired) electrons. The highest BCUT2D eigenvalue weighted by Gasteiger charge is 2.31. The molecule has 1 N–H and O–H groups in total. The average molecular weight is 512 g/mol. The highest BCUT2D eigenvalue weighted by molar-refractivity contribution is 5.90. The molecule has 1 aliphatic rings. The monoisotopic (exact) mass is 511 g/mol. The van der Waals surface area contributed by atoms with Gasteiger partial charge in [0, 0.05) is 18.5 Å². The number of carbonyl (C=O) groups excluding carboxylic acids is 2. The molecular formula is C30H29N3O5. The summed E-state index contributed by atoms with van der Waals surface area (Å²) in [5.74, 6) is 0.736. The zero-order valence-corrected chi connectivity index (χ0v) is 21.2. The van der Waals surface area contributed by atoms with E-state index in [1.54, 1.807) is 17.9 Å². The van der Waals surface area contributed by atoms with Gasteiger partial charge in [-0.25, -0.2) is 4.79 Å². The van der Waals surface area contributed by atoms with Crippen molar-refractivity contribution < 1.29 is 23.8 Å². The standard InChI is InChI=1S/C30H29N3O5/c1-20(21-6-4-3-5-7-21)38-30(35)32-29-27(16-31-33(29)2)24-12-8-22(9-13-24)23-10-14-25(15-11-23)28(37-19-34)26-17-36-18-26/h3-16,19-20,26,28H,17-18H2,1-2H3,(H,32,35)/t20-,28?/m1/s1. The summed E-state index contributed by atoms with van der Waals surface area (Å²) < 4.78 is 17.8. The van der Waals surface area contributed by atoms with Crippen molar-refractivity contribution in [3.8, 4) is 22.3 Å². The Morgan fingerprint density at radius 3 is 2.21 bits per heavy atom. The van der Waals surface area contributed by atoms with E-state index in [4.69, 9.17) is 14.2 Å². The van der Waals surface area contributed by atoms with Gasteiger partial charge in [-0.3, -0.25) is 14.8 Å². The van der Waals surface area contributed by atoms with E-state index in [0.29, 0.717) is 25.5 Å². The van der Waals surface area contributed by atoms with E-state index in [1.807, 2.05) is 85.8 Å². The van der Waals surface area contributed by atoms with Crippen molar-refractivity contribution in [2.75, 3.05) is 18.5 Å². The number of hydrogen-bond acceptors (Lipinski definition) is 6. The number of nitrogens with one attached hydrogen (secondary N) is 1. The van der Waals surface area contributed by atoms with Crippen LogP contribution in [0.2, 0.25) is 0 Å². The summed E-state index contributed by atoms with van der Waals surface area (Å²) in [6, 6.07) is 25.6. The zero-order chi connectivity index (χ0) is 26.5.